The minimum absolute atomic E-state index is 0.0249. The molecule has 0 bridgehead atoms. The van der Waals surface area contributed by atoms with Crippen molar-refractivity contribution in [2.45, 2.75) is 18.7 Å². The Hall–Kier alpha value is -2.92. The quantitative estimate of drug-likeness (QED) is 0.541. The van der Waals surface area contributed by atoms with Crippen molar-refractivity contribution in [3.05, 3.63) is 90.0 Å². The molecule has 0 spiro atoms. The number of nitrogens with zero attached hydrogens (tertiary/aromatic N) is 1. The topological polar surface area (TPSA) is 41.6 Å². The molecule has 1 aliphatic rings. The maximum absolute atomic E-state index is 13.0. The Bertz CT molecular complexity index is 977. The highest BCUT2D eigenvalue weighted by molar-refractivity contribution is 7.99. The van der Waals surface area contributed by atoms with E-state index < -0.39 is 0 Å². The van der Waals surface area contributed by atoms with Crippen molar-refractivity contribution < 1.29 is 9.53 Å². The molecule has 2 amide bonds. The molecule has 4 rings (SSSR count). The molecule has 1 atom stereocenters. The largest absolute Gasteiger partial charge is 0.457 e. The molecule has 148 valence electrons. The third-order valence-corrected chi connectivity index (χ3v) is 6.17. The first-order valence-corrected chi connectivity index (χ1v) is 10.9. The van der Waals surface area contributed by atoms with Gasteiger partial charge in [0, 0.05) is 18.0 Å². The molecule has 5 heteroatoms. The highest BCUT2D eigenvalue weighted by Crippen LogP contribution is 2.39. The van der Waals surface area contributed by atoms with Gasteiger partial charge in [0.1, 0.15) is 16.9 Å². The molecule has 0 radical (unpaired) electrons. The molecule has 0 aromatic heterocycles. The second-order valence-corrected chi connectivity index (χ2v) is 8.03. The van der Waals surface area contributed by atoms with Crippen LogP contribution in [0.3, 0.4) is 0 Å². The third kappa shape index (κ3) is 4.57. The molecule has 1 heterocycles. The van der Waals surface area contributed by atoms with E-state index in [-0.39, 0.29) is 11.4 Å². The highest BCUT2D eigenvalue weighted by atomic mass is 32.2. The Kier molecular flexibility index (Phi) is 6.06. The zero-order valence-corrected chi connectivity index (χ0v) is 17.2. The van der Waals surface area contributed by atoms with Gasteiger partial charge in [0.25, 0.3) is 0 Å². The third-order valence-electron chi connectivity index (χ3n) is 4.91. The first-order valence-electron chi connectivity index (χ1n) is 9.84. The van der Waals surface area contributed by atoms with E-state index in [1.54, 1.807) is 11.8 Å². The standard InChI is InChI=1S/C24H24N2O2S/c1-2-18-9-6-7-14-22(18)25-24(27)26-15-16-29-23(26)19-10-8-13-21(17-19)28-20-11-4-3-5-12-20/h3-14,17,23H,2,15-16H2,1H3,(H,25,27)/t23-/m0/s1. The minimum Gasteiger partial charge on any atom is -0.457 e. The minimum atomic E-state index is -0.0599. The van der Waals surface area contributed by atoms with Crippen LogP contribution in [0.1, 0.15) is 23.4 Å². The van der Waals surface area contributed by atoms with Crippen LogP contribution in [0.15, 0.2) is 78.9 Å². The molecule has 29 heavy (non-hydrogen) atoms. The smallest absolute Gasteiger partial charge is 0.323 e. The summed E-state index contributed by atoms with van der Waals surface area (Å²) in [7, 11) is 0. The molecule has 1 saturated heterocycles. The molecular formula is C24H24N2O2S. The Labute approximate surface area is 175 Å². The number of carbonyl (C=O) groups is 1. The molecule has 0 saturated carbocycles. The first-order chi connectivity index (χ1) is 14.2. The van der Waals surface area contributed by atoms with E-state index in [2.05, 4.69) is 24.4 Å². The number of rotatable bonds is 5. The number of hydrogen-bond acceptors (Lipinski definition) is 3. The molecule has 1 N–H and O–H groups in total. The monoisotopic (exact) mass is 404 g/mol. The summed E-state index contributed by atoms with van der Waals surface area (Å²) in [6, 6.07) is 25.6. The van der Waals surface area contributed by atoms with Crippen molar-refractivity contribution in [1.29, 1.82) is 0 Å². The zero-order valence-electron chi connectivity index (χ0n) is 16.4. The van der Waals surface area contributed by atoms with E-state index in [0.29, 0.717) is 0 Å². The van der Waals surface area contributed by atoms with E-state index in [9.17, 15) is 4.79 Å². The number of amides is 2. The Morgan fingerprint density at radius 1 is 1.03 bits per heavy atom. The van der Waals surface area contributed by atoms with E-state index in [1.165, 1.54) is 0 Å². The number of para-hydroxylation sites is 2. The fourth-order valence-corrected chi connectivity index (χ4v) is 4.69. The van der Waals surface area contributed by atoms with Crippen LogP contribution in [0.25, 0.3) is 0 Å². The van der Waals surface area contributed by atoms with Crippen LogP contribution in [-0.2, 0) is 6.42 Å². The summed E-state index contributed by atoms with van der Waals surface area (Å²) in [5.74, 6) is 2.49. The second kappa shape index (κ2) is 9.05. The van der Waals surface area contributed by atoms with Gasteiger partial charge in [-0.3, -0.25) is 0 Å². The van der Waals surface area contributed by atoms with Gasteiger partial charge in [-0.05, 0) is 47.9 Å². The molecular weight excluding hydrogens is 380 g/mol. The fraction of sp³-hybridized carbons (Fsp3) is 0.208. The van der Waals surface area contributed by atoms with Gasteiger partial charge in [0.05, 0.1) is 0 Å². The van der Waals surface area contributed by atoms with Gasteiger partial charge < -0.3 is 15.0 Å². The summed E-state index contributed by atoms with van der Waals surface area (Å²) in [6.07, 6.45) is 0.882. The molecule has 4 nitrogen and oxygen atoms in total. The van der Waals surface area contributed by atoms with Gasteiger partial charge in [0.15, 0.2) is 0 Å². The first kappa shape index (κ1) is 19.4. The number of ether oxygens (including phenoxy) is 1. The lowest BCUT2D eigenvalue weighted by Gasteiger charge is -2.25. The number of urea groups is 1. The van der Waals surface area contributed by atoms with Crippen LogP contribution >= 0.6 is 11.8 Å². The fourth-order valence-electron chi connectivity index (χ4n) is 3.45. The lowest BCUT2D eigenvalue weighted by atomic mass is 10.1. The SMILES string of the molecule is CCc1ccccc1NC(=O)N1CCS[C@H]1c1cccc(Oc2ccccc2)c1. The zero-order chi connectivity index (χ0) is 20.1. The number of anilines is 1. The van der Waals surface area contributed by atoms with Crippen molar-refractivity contribution in [3.8, 4) is 11.5 Å². The Morgan fingerprint density at radius 3 is 2.62 bits per heavy atom. The van der Waals surface area contributed by atoms with E-state index in [4.69, 9.17) is 4.74 Å². The summed E-state index contributed by atoms with van der Waals surface area (Å²) in [4.78, 5) is 14.9. The van der Waals surface area contributed by atoms with Crippen LogP contribution < -0.4 is 10.1 Å². The summed E-state index contributed by atoms with van der Waals surface area (Å²) < 4.78 is 5.97. The van der Waals surface area contributed by atoms with Gasteiger partial charge in [-0.15, -0.1) is 11.8 Å². The van der Waals surface area contributed by atoms with Gasteiger partial charge in [-0.25, -0.2) is 4.79 Å². The van der Waals surface area contributed by atoms with Gasteiger partial charge in [0.2, 0.25) is 0 Å². The summed E-state index contributed by atoms with van der Waals surface area (Å²) in [5, 5.41) is 3.08. The molecule has 3 aromatic carbocycles. The van der Waals surface area contributed by atoms with E-state index in [1.807, 2.05) is 71.6 Å². The number of nitrogens with one attached hydrogen (secondary N) is 1. The maximum Gasteiger partial charge on any atom is 0.323 e. The predicted octanol–water partition coefficient (Wildman–Crippen LogP) is 6.32. The number of thioether (sulfide) groups is 1. The van der Waals surface area contributed by atoms with Gasteiger partial charge >= 0.3 is 6.03 Å². The van der Waals surface area contributed by atoms with Crippen LogP contribution in [0.2, 0.25) is 0 Å². The number of aryl methyl sites for hydroxylation is 1. The van der Waals surface area contributed by atoms with Gasteiger partial charge in [-0.2, -0.15) is 0 Å². The van der Waals surface area contributed by atoms with Gasteiger partial charge in [-0.1, -0.05) is 55.5 Å². The van der Waals surface area contributed by atoms with Crippen LogP contribution in [0.4, 0.5) is 10.5 Å². The van der Waals surface area contributed by atoms with Crippen LogP contribution in [-0.4, -0.2) is 23.2 Å². The predicted molar refractivity (Wildman–Crippen MR) is 120 cm³/mol. The van der Waals surface area contributed by atoms with Crippen molar-refractivity contribution in [2.24, 2.45) is 0 Å². The molecule has 1 aliphatic heterocycles. The molecule has 0 aliphatic carbocycles. The molecule has 3 aromatic rings. The Balaban J connectivity index is 1.51. The second-order valence-electron chi connectivity index (χ2n) is 6.85. The van der Waals surface area contributed by atoms with Crippen molar-refractivity contribution in [2.75, 3.05) is 17.6 Å². The normalized spacial score (nSPS) is 15.9. The van der Waals surface area contributed by atoms with Crippen molar-refractivity contribution in [3.63, 3.8) is 0 Å². The lowest BCUT2D eigenvalue weighted by molar-refractivity contribution is 0.214. The van der Waals surface area contributed by atoms with E-state index >= 15 is 0 Å². The summed E-state index contributed by atoms with van der Waals surface area (Å²) in [5.41, 5.74) is 3.10. The number of benzene rings is 3. The van der Waals surface area contributed by atoms with Crippen molar-refractivity contribution >= 4 is 23.5 Å². The van der Waals surface area contributed by atoms with Crippen LogP contribution in [0.5, 0.6) is 11.5 Å². The maximum atomic E-state index is 13.0. The lowest BCUT2D eigenvalue weighted by Crippen LogP contribution is -2.34. The highest BCUT2D eigenvalue weighted by Gasteiger charge is 2.31. The van der Waals surface area contributed by atoms with Crippen molar-refractivity contribution in [1.82, 2.24) is 4.90 Å². The molecule has 0 unspecified atom stereocenters. The average Bonchev–Trinajstić information content (AvgIpc) is 3.25. The summed E-state index contributed by atoms with van der Waals surface area (Å²) in [6.45, 7) is 2.82. The molecule has 1 fully saturated rings. The van der Waals surface area contributed by atoms with Crippen LogP contribution in [0, 0.1) is 0 Å². The van der Waals surface area contributed by atoms with E-state index in [0.717, 1.165) is 47.0 Å². The number of carbonyl (C=O) groups excluding carboxylic acids is 1. The summed E-state index contributed by atoms with van der Waals surface area (Å²) >= 11 is 1.78. The Morgan fingerprint density at radius 2 is 1.79 bits per heavy atom. The number of hydrogen-bond donors (Lipinski definition) is 1. The average molecular weight is 405 g/mol.